The van der Waals surface area contributed by atoms with Crippen LogP contribution in [-0.2, 0) is 18.3 Å². The first-order valence-corrected chi connectivity index (χ1v) is 11.1. The summed E-state index contributed by atoms with van der Waals surface area (Å²) in [5.41, 5.74) is 2.64. The van der Waals surface area contributed by atoms with Crippen LogP contribution in [0.1, 0.15) is 41.5 Å². The first-order valence-electron chi connectivity index (χ1n) is 11.1. The Morgan fingerprint density at radius 2 is 1.59 bits per heavy atom. The first kappa shape index (κ1) is 23.5. The molecule has 0 saturated heterocycles. The lowest BCUT2D eigenvalue weighted by atomic mass is 9.88. The average molecular weight is 435 g/mol. The van der Waals surface area contributed by atoms with Gasteiger partial charge in [-0.15, -0.1) is 10.2 Å². The van der Waals surface area contributed by atoms with Gasteiger partial charge >= 0.3 is 0 Å². The third-order valence-corrected chi connectivity index (χ3v) is 5.51. The minimum absolute atomic E-state index is 0.320. The molecule has 2 N–H and O–H groups in total. The van der Waals surface area contributed by atoms with Crippen molar-refractivity contribution in [2.45, 2.75) is 32.2 Å². The van der Waals surface area contributed by atoms with Crippen LogP contribution in [0.3, 0.4) is 0 Å². The molecule has 2 aromatic carbocycles. The summed E-state index contributed by atoms with van der Waals surface area (Å²) in [7, 11) is 3.68. The van der Waals surface area contributed by atoms with E-state index in [0.29, 0.717) is 19.1 Å². The fourth-order valence-corrected chi connectivity index (χ4v) is 3.57. The fourth-order valence-electron chi connectivity index (χ4n) is 3.57. The van der Waals surface area contributed by atoms with Crippen molar-refractivity contribution in [3.63, 3.8) is 0 Å². The van der Waals surface area contributed by atoms with Crippen molar-refractivity contribution in [3.05, 3.63) is 83.4 Å². The van der Waals surface area contributed by atoms with Crippen molar-refractivity contribution < 1.29 is 4.74 Å². The molecule has 0 amide bonds. The Bertz CT molecular complexity index is 916. The van der Waals surface area contributed by atoms with E-state index in [2.05, 4.69) is 81.5 Å². The zero-order chi connectivity index (χ0) is 22.6. The molecule has 0 radical (unpaired) electrons. The van der Waals surface area contributed by atoms with Crippen molar-refractivity contribution in [1.82, 2.24) is 25.4 Å². The Labute approximate surface area is 190 Å². The van der Waals surface area contributed by atoms with Crippen LogP contribution in [0.25, 0.3) is 0 Å². The van der Waals surface area contributed by atoms with Crippen LogP contribution in [-0.4, -0.2) is 47.5 Å². The molecule has 1 heterocycles. The van der Waals surface area contributed by atoms with E-state index in [1.807, 2.05) is 18.5 Å². The summed E-state index contributed by atoms with van der Waals surface area (Å²) >= 11 is 0. The number of hydrogen-bond donors (Lipinski definition) is 2. The van der Waals surface area contributed by atoms with Crippen LogP contribution in [0.5, 0.6) is 0 Å². The van der Waals surface area contributed by atoms with Gasteiger partial charge in [-0.25, -0.2) is 4.99 Å². The second-order valence-corrected chi connectivity index (χ2v) is 7.75. The van der Waals surface area contributed by atoms with Gasteiger partial charge in [-0.3, -0.25) is 0 Å². The van der Waals surface area contributed by atoms with E-state index in [0.717, 1.165) is 43.5 Å². The van der Waals surface area contributed by atoms with Gasteiger partial charge in [0.05, 0.1) is 0 Å². The molecule has 0 aliphatic rings. The first-order chi connectivity index (χ1) is 15.7. The molecule has 7 heteroatoms. The highest BCUT2D eigenvalue weighted by Gasteiger charge is 2.14. The van der Waals surface area contributed by atoms with Gasteiger partial charge in [0, 0.05) is 39.8 Å². The molecule has 0 saturated carbocycles. The zero-order valence-electron chi connectivity index (χ0n) is 19.3. The highest BCUT2D eigenvalue weighted by Crippen LogP contribution is 2.27. The summed E-state index contributed by atoms with van der Waals surface area (Å²) in [5, 5.41) is 15.2. The van der Waals surface area contributed by atoms with Gasteiger partial charge in [0.1, 0.15) is 12.4 Å². The summed E-state index contributed by atoms with van der Waals surface area (Å²) in [4.78, 5) is 4.74. The van der Waals surface area contributed by atoms with Crippen LogP contribution in [0.15, 0.2) is 65.7 Å². The van der Waals surface area contributed by atoms with Gasteiger partial charge in [0.15, 0.2) is 11.8 Å². The maximum absolute atomic E-state index is 5.16. The Balaban J connectivity index is 1.66. The van der Waals surface area contributed by atoms with Gasteiger partial charge in [0.2, 0.25) is 0 Å². The Kier molecular flexibility index (Phi) is 9.25. The molecule has 0 spiro atoms. The molecule has 0 atom stereocenters. The van der Waals surface area contributed by atoms with E-state index in [1.54, 1.807) is 7.11 Å². The Hall–Kier alpha value is -3.19. The van der Waals surface area contributed by atoms with E-state index < -0.39 is 0 Å². The minimum Gasteiger partial charge on any atom is -0.385 e. The van der Waals surface area contributed by atoms with Gasteiger partial charge in [-0.05, 0) is 30.9 Å². The van der Waals surface area contributed by atoms with Crippen molar-refractivity contribution in [2.24, 2.45) is 12.0 Å². The van der Waals surface area contributed by atoms with E-state index in [4.69, 9.17) is 9.73 Å². The maximum atomic E-state index is 5.16. The molecule has 0 aliphatic heterocycles. The van der Waals surface area contributed by atoms with Crippen LogP contribution in [0.4, 0.5) is 0 Å². The second-order valence-electron chi connectivity index (χ2n) is 7.75. The third-order valence-electron chi connectivity index (χ3n) is 5.51. The number of nitrogens with zero attached hydrogens (tertiary/aromatic N) is 4. The van der Waals surface area contributed by atoms with E-state index in [9.17, 15) is 0 Å². The summed E-state index contributed by atoms with van der Waals surface area (Å²) in [6.07, 6.45) is 1.87. The minimum atomic E-state index is 0.320. The fraction of sp³-hybridized carbons (Fsp3) is 0.400. The van der Waals surface area contributed by atoms with Gasteiger partial charge in [-0.2, -0.15) is 0 Å². The number of nitrogens with one attached hydrogen (secondary N) is 2. The van der Waals surface area contributed by atoms with Crippen LogP contribution >= 0.6 is 0 Å². The molecule has 170 valence electrons. The molecular weight excluding hydrogens is 400 g/mol. The zero-order valence-corrected chi connectivity index (χ0v) is 19.3. The lowest BCUT2D eigenvalue weighted by Crippen LogP contribution is -2.39. The lowest BCUT2D eigenvalue weighted by Gasteiger charge is -2.19. The van der Waals surface area contributed by atoms with Crippen molar-refractivity contribution >= 4 is 5.96 Å². The second kappa shape index (κ2) is 12.6. The quantitative estimate of drug-likeness (QED) is 0.275. The van der Waals surface area contributed by atoms with Crippen LogP contribution in [0.2, 0.25) is 0 Å². The largest absolute Gasteiger partial charge is 0.385 e. The predicted octanol–water partition coefficient (Wildman–Crippen LogP) is 3.42. The van der Waals surface area contributed by atoms with Crippen molar-refractivity contribution in [2.75, 3.05) is 26.8 Å². The summed E-state index contributed by atoms with van der Waals surface area (Å²) in [5.74, 6) is 2.82. The number of benzene rings is 2. The molecule has 7 nitrogen and oxygen atoms in total. The third kappa shape index (κ3) is 6.92. The number of ether oxygens (including phenoxy) is 1. The lowest BCUT2D eigenvalue weighted by molar-refractivity contribution is 0.195. The molecule has 32 heavy (non-hydrogen) atoms. The predicted molar refractivity (Wildman–Crippen MR) is 129 cm³/mol. The van der Waals surface area contributed by atoms with Crippen molar-refractivity contribution in [1.29, 1.82) is 0 Å². The normalized spacial score (nSPS) is 11.7. The number of methoxy groups -OCH3 is 1. The van der Waals surface area contributed by atoms with Crippen LogP contribution < -0.4 is 10.6 Å². The molecule has 0 fully saturated rings. The van der Waals surface area contributed by atoms with E-state index >= 15 is 0 Å². The monoisotopic (exact) mass is 434 g/mol. The van der Waals surface area contributed by atoms with Crippen molar-refractivity contribution in [3.8, 4) is 0 Å². The summed E-state index contributed by atoms with van der Waals surface area (Å²) in [6.45, 7) is 4.71. The molecule has 1 aromatic heterocycles. The van der Waals surface area contributed by atoms with E-state index in [-0.39, 0.29) is 0 Å². The standard InChI is InChI=1S/C25H34N6O/c1-20-29-30-24(31(20)2)19-28-25(26-16-10-18-32-3)27-17-15-23(21-11-6-4-7-12-21)22-13-8-5-9-14-22/h4-9,11-14,23H,10,15-19H2,1-3H3,(H2,26,27,28). The average Bonchev–Trinajstić information content (AvgIpc) is 3.15. The Morgan fingerprint density at radius 3 is 2.16 bits per heavy atom. The SMILES string of the molecule is COCCCNC(=NCc1nnc(C)n1C)NCCC(c1ccccc1)c1ccccc1. The molecule has 0 unspecified atom stereocenters. The number of aryl methyl sites for hydroxylation is 1. The molecular formula is C25H34N6O. The number of guanidine groups is 1. The topological polar surface area (TPSA) is 76.4 Å². The summed E-state index contributed by atoms with van der Waals surface area (Å²) < 4.78 is 7.13. The molecule has 0 bridgehead atoms. The van der Waals surface area contributed by atoms with E-state index in [1.165, 1.54) is 11.1 Å². The molecule has 0 aliphatic carbocycles. The van der Waals surface area contributed by atoms with Gasteiger partial charge in [0.25, 0.3) is 0 Å². The smallest absolute Gasteiger partial charge is 0.191 e. The number of aromatic nitrogens is 3. The number of aliphatic imine (C=N–C) groups is 1. The highest BCUT2D eigenvalue weighted by molar-refractivity contribution is 5.79. The maximum Gasteiger partial charge on any atom is 0.191 e. The Morgan fingerprint density at radius 1 is 0.969 bits per heavy atom. The highest BCUT2D eigenvalue weighted by atomic mass is 16.5. The van der Waals surface area contributed by atoms with Crippen LogP contribution in [0, 0.1) is 6.92 Å². The summed E-state index contributed by atoms with van der Waals surface area (Å²) in [6, 6.07) is 21.3. The molecule has 3 aromatic rings. The van der Waals surface area contributed by atoms with Gasteiger partial charge in [-0.1, -0.05) is 60.7 Å². The number of hydrogen-bond acceptors (Lipinski definition) is 4. The van der Waals surface area contributed by atoms with Gasteiger partial charge < -0.3 is 19.9 Å². The number of rotatable bonds is 11. The molecule has 3 rings (SSSR count).